The zero-order valence-corrected chi connectivity index (χ0v) is 62.6. The minimum atomic E-state index is -0.710. The number of aliphatic hydroxyl groups is 1. The van der Waals surface area contributed by atoms with Gasteiger partial charge in [-0.3, -0.25) is 45.9 Å². The minimum Gasteiger partial charge on any atom is -0.508 e. The van der Waals surface area contributed by atoms with Crippen molar-refractivity contribution in [1.29, 1.82) is 10.7 Å². The average molecular weight is 1550 g/mol. The molecule has 0 radical (unpaired) electrons. The van der Waals surface area contributed by atoms with Crippen LogP contribution in [0.1, 0.15) is 132 Å². The van der Waals surface area contributed by atoms with Crippen molar-refractivity contribution in [3.8, 4) is 34.8 Å². The second-order valence-electron chi connectivity index (χ2n) is 24.5. The van der Waals surface area contributed by atoms with Crippen molar-refractivity contribution in [3.63, 3.8) is 0 Å². The first-order chi connectivity index (χ1) is 51.6. The van der Waals surface area contributed by atoms with Crippen LogP contribution in [-0.4, -0.2) is 159 Å². The van der Waals surface area contributed by atoms with Gasteiger partial charge in [-0.05, 0) is 208 Å². The number of fused-ring (bicyclic) bond motifs is 2. The molecule has 7 aromatic carbocycles. The maximum Gasteiger partial charge on any atom is 0.428 e. The maximum absolute atomic E-state index is 12.2. The Balaban J connectivity index is 0.000000466. The normalized spacial score (nSPS) is 12.0. The number of benzene rings is 7. The number of nitrogens with one attached hydrogen (secondary N) is 4. The third-order valence-corrected chi connectivity index (χ3v) is 12.7. The summed E-state index contributed by atoms with van der Waals surface area (Å²) in [6, 6.07) is 47.0. The lowest BCUT2D eigenvalue weighted by molar-refractivity contribution is -0.0995. The van der Waals surface area contributed by atoms with Crippen LogP contribution < -0.4 is 60.5 Å². The fraction of sp³-hybridized carbons (Fsp3) is 0.260. The molecule has 0 bridgehead atoms. The molecule has 590 valence electrons. The van der Waals surface area contributed by atoms with Gasteiger partial charge in [0.25, 0.3) is 23.6 Å². The second-order valence-corrected chi connectivity index (χ2v) is 24.5. The number of methoxy groups -OCH3 is 1. The lowest BCUT2D eigenvalue weighted by Gasteiger charge is -2.18. The summed E-state index contributed by atoms with van der Waals surface area (Å²) in [6.07, 6.45) is -2.06. The number of nitrogens with two attached hydrogens (primary N) is 6. The summed E-state index contributed by atoms with van der Waals surface area (Å²) in [5, 5.41) is 63.5. The number of hydrogen-bond acceptors (Lipinski definition) is 28. The van der Waals surface area contributed by atoms with Crippen molar-refractivity contribution < 1.29 is 96.9 Å². The van der Waals surface area contributed by atoms with Gasteiger partial charge in [-0.2, -0.15) is 20.6 Å². The quantitative estimate of drug-likeness (QED) is 0.00726. The molecule has 2 heterocycles. The lowest BCUT2D eigenvalue weighted by atomic mass is 10.1. The second kappa shape index (κ2) is 46.9. The lowest BCUT2D eigenvalue weighted by Crippen LogP contribution is -2.31. The first-order valence-corrected chi connectivity index (χ1v) is 32.4. The van der Waals surface area contributed by atoms with E-state index in [1.807, 2.05) is 6.07 Å². The maximum atomic E-state index is 12.2. The van der Waals surface area contributed by atoms with Crippen molar-refractivity contribution in [1.82, 2.24) is 26.4 Å². The predicted octanol–water partition coefficient (Wildman–Crippen LogP) is 7.15. The van der Waals surface area contributed by atoms with Crippen LogP contribution in [0.3, 0.4) is 0 Å². The Morgan fingerprint density at radius 2 is 0.745 bits per heavy atom. The first-order valence-electron chi connectivity index (χ1n) is 32.4. The van der Waals surface area contributed by atoms with Crippen molar-refractivity contribution in [2.24, 2.45) is 50.1 Å². The number of nitriles is 1. The van der Waals surface area contributed by atoms with Crippen molar-refractivity contribution >= 4 is 77.7 Å². The number of carbonyl (C=O) groups excluding carboxylic acids is 7. The Hall–Kier alpha value is -13.0. The van der Waals surface area contributed by atoms with Gasteiger partial charge in [-0.25, -0.2) is 36.6 Å². The number of phenolic OH excluding ortho intramolecular Hbond substituents is 3. The van der Waals surface area contributed by atoms with E-state index in [1.165, 1.54) is 43.5 Å². The minimum absolute atomic E-state index is 0. The number of hydrogen-bond donors (Lipinski definition) is 14. The van der Waals surface area contributed by atoms with Crippen molar-refractivity contribution in [2.45, 2.75) is 79.1 Å². The van der Waals surface area contributed by atoms with E-state index >= 15 is 0 Å². The smallest absolute Gasteiger partial charge is 0.428 e. The van der Waals surface area contributed by atoms with Gasteiger partial charge in [0.15, 0.2) is 17.5 Å². The van der Waals surface area contributed by atoms with Gasteiger partial charge >= 0.3 is 18.3 Å². The Labute approximate surface area is 639 Å². The van der Waals surface area contributed by atoms with Gasteiger partial charge in [0.05, 0.1) is 54.2 Å². The Morgan fingerprint density at radius 3 is 1.03 bits per heavy atom. The number of amides is 7. The summed E-state index contributed by atoms with van der Waals surface area (Å²) in [6.45, 7) is 16.2. The van der Waals surface area contributed by atoms with Gasteiger partial charge in [0.1, 0.15) is 72.0 Å². The summed E-state index contributed by atoms with van der Waals surface area (Å²) in [5.74, 6) is 13.1. The van der Waals surface area contributed by atoms with Gasteiger partial charge in [0, 0.05) is 22.3 Å². The molecule has 36 nitrogen and oxygen atoms in total. The van der Waals surface area contributed by atoms with Crippen LogP contribution in [0.2, 0.25) is 0 Å². The summed E-state index contributed by atoms with van der Waals surface area (Å²) in [5.41, 5.74) is 26.4. The molecule has 37 heteroatoms. The average Bonchev–Trinajstić information content (AvgIpc) is 1.65. The highest BCUT2D eigenvalue weighted by Crippen LogP contribution is 2.25. The highest BCUT2D eigenvalue weighted by Gasteiger charge is 2.37. The fourth-order valence-corrected chi connectivity index (χ4v) is 7.95. The first kappa shape index (κ1) is 93.1. The number of amidine groups is 3. The molecule has 0 spiro atoms. The van der Waals surface area contributed by atoms with E-state index in [-0.39, 0.29) is 79.5 Å². The van der Waals surface area contributed by atoms with Crippen LogP contribution in [0.4, 0.5) is 14.4 Å². The molecule has 0 atom stereocenters. The van der Waals surface area contributed by atoms with E-state index in [1.54, 1.807) is 196 Å². The molecule has 0 fully saturated rings. The van der Waals surface area contributed by atoms with Crippen LogP contribution in [0.15, 0.2) is 185 Å². The predicted molar refractivity (Wildman–Crippen MR) is 406 cm³/mol. The van der Waals surface area contributed by atoms with E-state index in [4.69, 9.17) is 87.6 Å². The SMILES string of the molecule is CC(C)(C)OC(=O)NN=C(N)c1ccc(O)cc1.CC(C)(C)OC(=O)NN=C(N)c1ccc(OCCON)cc1.CC(C)(C)OC(=O)NN=C(N)c1ccc(OCCON2C(=O)c3ccccc3C2=O)cc1.COC(=N)c1ccc(O)cc1.Cl.N#Cc1ccc(O)cc1.NN.O=C1c2ccccc2C(=O)N1OCCO. The van der Waals surface area contributed by atoms with Crippen LogP contribution in [-0.2, 0) is 33.5 Å². The highest BCUT2D eigenvalue weighted by atomic mass is 35.5. The van der Waals surface area contributed by atoms with Crippen LogP contribution >= 0.6 is 12.4 Å². The number of phenols is 3. The van der Waals surface area contributed by atoms with Crippen LogP contribution in [0, 0.1) is 16.7 Å². The topological polar surface area (TPSA) is 567 Å². The highest BCUT2D eigenvalue weighted by molar-refractivity contribution is 6.21. The number of nitrogens with zero attached hydrogens (tertiary/aromatic N) is 6. The van der Waals surface area contributed by atoms with E-state index < -0.39 is 58.7 Å². The van der Waals surface area contributed by atoms with E-state index in [2.05, 4.69) is 52.8 Å². The number of aromatic hydroxyl groups is 3. The number of carbonyl (C=O) groups is 7. The molecule has 9 rings (SSSR count). The summed E-state index contributed by atoms with van der Waals surface area (Å²) in [4.78, 5) is 96.6. The molecule has 2 aliphatic rings. The van der Waals surface area contributed by atoms with Crippen molar-refractivity contribution in [2.75, 3.05) is 46.8 Å². The standard InChI is InChI=1S/C22H24N4O6.C14H22N4O4.C12H17N3O3.C10H9NO4.C8H9NO2.C7H5NO.ClH.H4N2/c1-22(2,3)32-21(29)25-24-18(23)14-8-10-15(11-9-14)30-12-13-31-26-19(27)16-6-4-5-7-17(16)20(26)28;1-14(2,3)22-13(19)18-17-12(15)10-4-6-11(7-5-10)20-8-9-21-16;1-12(2,3)18-11(17)15-14-10(13)8-4-6-9(16)7-5-8;12-5-6-15-11-9(13)7-3-1-2-4-8(7)10(11)14;1-11-8(9)6-2-4-7(10)5-3-6;8-5-6-1-3-7(9)4-2-6;;1-2/h4-11H,12-13H2,1-3H3,(H2,23,24)(H,25,29);4-7H,8-9,16H2,1-3H3,(H2,15,17)(H,18,19);4-7,16H,1-3H3,(H2,13,14)(H,15,17);1-4,12H,5-6H2;2-5,9-10H,1H3;1-4,9H;1H;1-2H2. The number of aliphatic hydroxyl groups excluding tert-OH is 1. The third-order valence-electron chi connectivity index (χ3n) is 12.7. The molecule has 0 saturated heterocycles. The van der Waals surface area contributed by atoms with Crippen molar-refractivity contribution in [3.05, 3.63) is 220 Å². The third kappa shape index (κ3) is 34.1. The van der Waals surface area contributed by atoms with Gasteiger partial charge in [-0.1, -0.05) is 24.3 Å². The molecule has 7 aromatic rings. The van der Waals surface area contributed by atoms with Gasteiger partial charge in [0.2, 0.25) is 5.90 Å². The zero-order chi connectivity index (χ0) is 81.4. The molecule has 0 unspecified atom stereocenters. The molecular weight excluding hydrogens is 1460 g/mol. The molecular formula is C73H91ClN16O20. The summed E-state index contributed by atoms with van der Waals surface area (Å²) in [7, 11) is 1.44. The van der Waals surface area contributed by atoms with Crippen LogP contribution in [0.25, 0.3) is 0 Å². The number of rotatable bonds is 19. The molecule has 20 N–H and O–H groups in total. The summed E-state index contributed by atoms with van der Waals surface area (Å²) >= 11 is 0. The number of ether oxygens (including phenoxy) is 6. The molecule has 0 aliphatic carbocycles. The molecule has 110 heavy (non-hydrogen) atoms. The number of halogens is 1. The zero-order valence-electron chi connectivity index (χ0n) is 61.8. The van der Waals surface area contributed by atoms with E-state index in [9.17, 15) is 33.6 Å². The Morgan fingerprint density at radius 1 is 0.464 bits per heavy atom. The molecule has 0 aromatic heterocycles. The van der Waals surface area contributed by atoms with Gasteiger partial charge in [-0.15, -0.1) is 22.5 Å². The monoisotopic (exact) mass is 1550 g/mol. The van der Waals surface area contributed by atoms with Crippen LogP contribution in [0.5, 0.6) is 28.7 Å². The Kier molecular flexibility index (Phi) is 39.6. The number of hydrazone groups is 3. The van der Waals surface area contributed by atoms with E-state index in [0.29, 0.717) is 79.8 Å². The fourth-order valence-electron chi connectivity index (χ4n) is 7.95. The molecule has 2 aliphatic heterocycles. The number of hydrazine groups is 1. The van der Waals surface area contributed by atoms with Gasteiger partial charge < -0.3 is 70.9 Å². The molecule has 7 amide bonds. The Bertz CT molecular complexity index is 4190. The number of hydroxylamine groups is 4. The number of imide groups is 2. The molecule has 0 saturated carbocycles. The largest absolute Gasteiger partial charge is 0.508 e. The van der Waals surface area contributed by atoms with E-state index in [0.717, 1.165) is 5.06 Å². The summed E-state index contributed by atoms with van der Waals surface area (Å²) < 4.78 is 30.7.